The minimum atomic E-state index is 0.685. The van der Waals surface area contributed by atoms with Crippen molar-refractivity contribution < 1.29 is 0 Å². The molecule has 2 saturated carbocycles. The Balaban J connectivity index is 1.45. The SMILES string of the molecule is C=C(C)C(CC)CC(CC(C)CCCC12CCC=C(CC(C)C1)C2)C1CC1. The summed E-state index contributed by atoms with van der Waals surface area (Å²) in [6.07, 6.45) is 21.3. The molecule has 2 bridgehead atoms. The van der Waals surface area contributed by atoms with Gasteiger partial charge in [-0.1, -0.05) is 57.4 Å². The molecule has 0 aromatic rings. The number of hydrogen-bond acceptors (Lipinski definition) is 0. The van der Waals surface area contributed by atoms with Gasteiger partial charge in [-0.15, -0.1) is 0 Å². The fraction of sp³-hybridized carbons (Fsp3) is 0.852. The highest BCUT2D eigenvalue weighted by molar-refractivity contribution is 5.15. The average molecular weight is 371 g/mol. The Morgan fingerprint density at radius 1 is 1.30 bits per heavy atom. The van der Waals surface area contributed by atoms with Crippen molar-refractivity contribution in [3.63, 3.8) is 0 Å². The summed E-state index contributed by atoms with van der Waals surface area (Å²) in [4.78, 5) is 0. The van der Waals surface area contributed by atoms with Gasteiger partial charge in [0.25, 0.3) is 0 Å². The number of rotatable bonds is 11. The van der Waals surface area contributed by atoms with Gasteiger partial charge in [-0.2, -0.15) is 0 Å². The molecule has 0 saturated heterocycles. The van der Waals surface area contributed by atoms with Crippen LogP contribution in [0.3, 0.4) is 0 Å². The van der Waals surface area contributed by atoms with Crippen molar-refractivity contribution in [3.05, 3.63) is 23.8 Å². The molecule has 0 aromatic carbocycles. The Labute approximate surface area is 170 Å². The molecule has 0 radical (unpaired) electrons. The molecular formula is C27H46. The third-order valence-corrected chi connectivity index (χ3v) is 8.28. The van der Waals surface area contributed by atoms with Gasteiger partial charge in [0.05, 0.1) is 0 Å². The molecule has 0 aliphatic heterocycles. The van der Waals surface area contributed by atoms with Crippen LogP contribution in [0.4, 0.5) is 0 Å². The molecule has 154 valence electrons. The maximum atomic E-state index is 4.27. The maximum absolute atomic E-state index is 4.27. The van der Waals surface area contributed by atoms with Crippen LogP contribution in [0.1, 0.15) is 111 Å². The lowest BCUT2D eigenvalue weighted by Gasteiger charge is -2.44. The predicted molar refractivity (Wildman–Crippen MR) is 120 cm³/mol. The van der Waals surface area contributed by atoms with Gasteiger partial charge in [-0.25, -0.2) is 0 Å². The van der Waals surface area contributed by atoms with Gasteiger partial charge in [0.15, 0.2) is 0 Å². The number of fused-ring (bicyclic) bond motifs is 2. The molecule has 0 aromatic heterocycles. The van der Waals surface area contributed by atoms with Crippen LogP contribution in [0.15, 0.2) is 23.8 Å². The minimum Gasteiger partial charge on any atom is -0.0999 e. The molecule has 0 N–H and O–H groups in total. The van der Waals surface area contributed by atoms with E-state index in [1.165, 1.54) is 89.0 Å². The van der Waals surface area contributed by atoms with Crippen LogP contribution in [0.5, 0.6) is 0 Å². The van der Waals surface area contributed by atoms with E-state index in [9.17, 15) is 0 Å². The first-order valence-corrected chi connectivity index (χ1v) is 12.2. The van der Waals surface area contributed by atoms with Crippen molar-refractivity contribution in [2.24, 2.45) is 35.0 Å². The van der Waals surface area contributed by atoms with E-state index < -0.39 is 0 Å². The third-order valence-electron chi connectivity index (χ3n) is 8.28. The molecule has 3 aliphatic carbocycles. The van der Waals surface area contributed by atoms with Crippen LogP contribution in [-0.4, -0.2) is 0 Å². The van der Waals surface area contributed by atoms with E-state index in [2.05, 4.69) is 40.3 Å². The summed E-state index contributed by atoms with van der Waals surface area (Å²) in [7, 11) is 0. The minimum absolute atomic E-state index is 0.685. The van der Waals surface area contributed by atoms with Crippen LogP contribution in [-0.2, 0) is 0 Å². The second-order valence-electron chi connectivity index (χ2n) is 11.1. The van der Waals surface area contributed by atoms with Gasteiger partial charge in [0.1, 0.15) is 0 Å². The molecule has 0 heterocycles. The first kappa shape index (κ1) is 21.2. The normalized spacial score (nSPS) is 31.1. The summed E-state index contributed by atoms with van der Waals surface area (Å²) in [5.74, 6) is 4.62. The topological polar surface area (TPSA) is 0 Å². The Hall–Kier alpha value is -0.520. The lowest BCUT2D eigenvalue weighted by Crippen LogP contribution is -2.31. The summed E-state index contributed by atoms with van der Waals surface area (Å²) in [6, 6.07) is 0. The molecule has 3 aliphatic rings. The van der Waals surface area contributed by atoms with Gasteiger partial charge in [-0.05, 0) is 113 Å². The van der Waals surface area contributed by atoms with E-state index in [0.717, 1.165) is 29.6 Å². The van der Waals surface area contributed by atoms with Crippen molar-refractivity contribution >= 4 is 0 Å². The van der Waals surface area contributed by atoms with Crippen molar-refractivity contribution in [2.45, 2.75) is 111 Å². The molecule has 0 spiro atoms. The fourth-order valence-corrected chi connectivity index (χ4v) is 6.72. The zero-order chi connectivity index (χ0) is 19.4. The highest BCUT2D eigenvalue weighted by atomic mass is 14.4. The third kappa shape index (κ3) is 5.98. The zero-order valence-corrected chi connectivity index (χ0v) is 18.9. The van der Waals surface area contributed by atoms with E-state index in [1.54, 1.807) is 5.57 Å². The van der Waals surface area contributed by atoms with Gasteiger partial charge >= 0.3 is 0 Å². The number of allylic oxidation sites excluding steroid dienone is 3. The first-order chi connectivity index (χ1) is 12.9. The Kier molecular flexibility index (Phi) is 7.32. The summed E-state index contributed by atoms with van der Waals surface area (Å²) >= 11 is 0. The molecular weight excluding hydrogens is 324 g/mol. The van der Waals surface area contributed by atoms with Gasteiger partial charge in [0, 0.05) is 0 Å². The number of hydrogen-bond donors (Lipinski definition) is 0. The molecule has 5 unspecified atom stereocenters. The van der Waals surface area contributed by atoms with Gasteiger partial charge in [0.2, 0.25) is 0 Å². The van der Waals surface area contributed by atoms with Crippen LogP contribution >= 0.6 is 0 Å². The van der Waals surface area contributed by atoms with Crippen LogP contribution < -0.4 is 0 Å². The van der Waals surface area contributed by atoms with Gasteiger partial charge < -0.3 is 0 Å². The monoisotopic (exact) mass is 370 g/mol. The Morgan fingerprint density at radius 2 is 2.07 bits per heavy atom. The van der Waals surface area contributed by atoms with Crippen LogP contribution in [0.25, 0.3) is 0 Å². The van der Waals surface area contributed by atoms with Crippen molar-refractivity contribution in [2.75, 3.05) is 0 Å². The second kappa shape index (κ2) is 9.32. The van der Waals surface area contributed by atoms with E-state index in [0.29, 0.717) is 5.41 Å². The van der Waals surface area contributed by atoms with E-state index in [-0.39, 0.29) is 0 Å². The van der Waals surface area contributed by atoms with E-state index in [1.807, 2.05) is 0 Å². The van der Waals surface area contributed by atoms with Crippen molar-refractivity contribution in [1.29, 1.82) is 0 Å². The lowest BCUT2D eigenvalue weighted by atomic mass is 9.61. The summed E-state index contributed by atoms with van der Waals surface area (Å²) in [5, 5.41) is 0. The van der Waals surface area contributed by atoms with Crippen molar-refractivity contribution in [1.82, 2.24) is 0 Å². The highest BCUT2D eigenvalue weighted by Crippen LogP contribution is 2.51. The summed E-state index contributed by atoms with van der Waals surface area (Å²) in [5.41, 5.74) is 3.90. The first-order valence-electron chi connectivity index (χ1n) is 12.2. The lowest BCUT2D eigenvalue weighted by molar-refractivity contribution is 0.136. The van der Waals surface area contributed by atoms with Crippen LogP contribution in [0, 0.1) is 35.0 Å². The van der Waals surface area contributed by atoms with E-state index in [4.69, 9.17) is 0 Å². The molecule has 27 heavy (non-hydrogen) atoms. The highest BCUT2D eigenvalue weighted by Gasteiger charge is 2.38. The van der Waals surface area contributed by atoms with Crippen molar-refractivity contribution in [3.8, 4) is 0 Å². The summed E-state index contributed by atoms with van der Waals surface area (Å²) in [6.45, 7) is 13.9. The second-order valence-corrected chi connectivity index (χ2v) is 11.1. The maximum Gasteiger partial charge on any atom is -0.0209 e. The quantitative estimate of drug-likeness (QED) is 0.319. The van der Waals surface area contributed by atoms with Gasteiger partial charge in [-0.3, -0.25) is 0 Å². The molecule has 0 amide bonds. The zero-order valence-electron chi connectivity index (χ0n) is 18.9. The summed E-state index contributed by atoms with van der Waals surface area (Å²) < 4.78 is 0. The fourth-order valence-electron chi connectivity index (χ4n) is 6.72. The Bertz CT molecular complexity index is 522. The molecule has 0 heteroatoms. The standard InChI is InChI=1S/C27H46/c1-6-24(20(2)3)17-26(25-11-12-25)16-21(4)9-7-13-27-14-8-10-23(19-27)15-22(5)18-27/h10,21-22,24-26H,2,6-9,11-19H2,1,3-5H3. The molecule has 2 fully saturated rings. The predicted octanol–water partition coefficient (Wildman–Crippen LogP) is 8.73. The average Bonchev–Trinajstić information content (AvgIpc) is 3.42. The molecule has 5 atom stereocenters. The van der Waals surface area contributed by atoms with Crippen LogP contribution in [0.2, 0.25) is 0 Å². The Morgan fingerprint density at radius 3 is 2.74 bits per heavy atom. The smallest absolute Gasteiger partial charge is 0.0209 e. The molecule has 3 rings (SSSR count). The largest absolute Gasteiger partial charge is 0.0999 e. The molecule has 0 nitrogen and oxygen atoms in total. The van der Waals surface area contributed by atoms with E-state index >= 15 is 0 Å².